The van der Waals surface area contributed by atoms with Crippen LogP contribution in [0.1, 0.15) is 47.1 Å². The summed E-state index contributed by atoms with van der Waals surface area (Å²) in [6.07, 6.45) is -4.45. The predicted octanol–water partition coefficient (Wildman–Crippen LogP) is 4.00. The van der Waals surface area contributed by atoms with Crippen LogP contribution in [0.5, 0.6) is 11.5 Å². The molecular weight excluding hydrogens is 490 g/mol. The van der Waals surface area contributed by atoms with Gasteiger partial charge in [0.05, 0.1) is 20.3 Å². The summed E-state index contributed by atoms with van der Waals surface area (Å²) in [4.78, 5) is 47.9. The van der Waals surface area contributed by atoms with Gasteiger partial charge in [-0.25, -0.2) is 14.4 Å². The smallest absolute Gasteiger partial charge is 0.458 e. The van der Waals surface area contributed by atoms with Gasteiger partial charge in [0.2, 0.25) is 0 Å². The van der Waals surface area contributed by atoms with E-state index in [4.69, 9.17) is 34.2 Å². The minimum atomic E-state index is -1.10. The fraction of sp³-hybridized carbons (Fsp3) is 0.600. The minimum absolute atomic E-state index is 0.00668. The molecule has 3 atom stereocenters. The molecule has 12 heteroatoms. The van der Waals surface area contributed by atoms with Gasteiger partial charge in [0.25, 0.3) is 0 Å². The van der Waals surface area contributed by atoms with Gasteiger partial charge in [-0.05, 0) is 49.8 Å². The second-order valence-corrected chi connectivity index (χ2v) is 9.12. The normalized spacial score (nSPS) is 13.2. The molecule has 0 radical (unpaired) electrons. The van der Waals surface area contributed by atoms with Crippen molar-refractivity contribution in [2.75, 3.05) is 20.3 Å². The van der Waals surface area contributed by atoms with Crippen molar-refractivity contribution >= 4 is 24.4 Å². The number of hydrogen-bond donors (Lipinski definition) is 1. The Morgan fingerprint density at radius 1 is 0.757 bits per heavy atom. The van der Waals surface area contributed by atoms with E-state index in [9.17, 15) is 19.2 Å². The van der Waals surface area contributed by atoms with Crippen LogP contribution in [0.15, 0.2) is 18.2 Å². The fourth-order valence-corrected chi connectivity index (χ4v) is 2.55. The first kappa shape index (κ1) is 31.5. The van der Waals surface area contributed by atoms with E-state index in [-0.39, 0.29) is 43.0 Å². The number of ether oxygens (including phenoxy) is 7. The second kappa shape index (κ2) is 15.5. The van der Waals surface area contributed by atoms with E-state index in [1.807, 2.05) is 27.7 Å². The average molecular weight is 528 g/mol. The van der Waals surface area contributed by atoms with Crippen LogP contribution in [-0.4, -0.2) is 63.0 Å². The summed E-state index contributed by atoms with van der Waals surface area (Å²) in [6.45, 7) is 10.8. The molecule has 0 heterocycles. The van der Waals surface area contributed by atoms with Gasteiger partial charge in [0.15, 0.2) is 11.5 Å². The fourth-order valence-electron chi connectivity index (χ4n) is 2.55. The molecule has 1 aromatic rings. The van der Waals surface area contributed by atoms with Crippen molar-refractivity contribution in [1.82, 2.24) is 0 Å². The average Bonchev–Trinajstić information content (AvgIpc) is 2.82. The highest BCUT2D eigenvalue weighted by Gasteiger charge is 2.25. The van der Waals surface area contributed by atoms with E-state index >= 15 is 0 Å². The molecule has 0 aliphatic heterocycles. The number of nitrogens with two attached hydrogens (primary N) is 1. The molecule has 0 amide bonds. The highest BCUT2D eigenvalue weighted by Crippen LogP contribution is 2.30. The summed E-state index contributed by atoms with van der Waals surface area (Å²) >= 11 is 0. The molecule has 1 rings (SSSR count). The van der Waals surface area contributed by atoms with Crippen LogP contribution in [-0.2, 0) is 34.9 Å². The van der Waals surface area contributed by atoms with Gasteiger partial charge in [-0.1, -0.05) is 33.8 Å². The maximum Gasteiger partial charge on any atom is 0.513 e. The lowest BCUT2D eigenvalue weighted by Gasteiger charge is -2.22. The Kier molecular flexibility index (Phi) is 13.2. The standard InChI is InChI=1S/C25H37NO11/c1-14(2)12-32-24(29)36-20-9-8-18(11-21(20)37-25(30)33-13-15(3)4)10-19(26)22(27)34-16(5)17(6)35-23(28)31-7/h8-9,11,14-17,19H,10,12-13,26H2,1-7H3/t16-,17?,19-/m0/s1. The summed E-state index contributed by atoms with van der Waals surface area (Å²) in [5.74, 6) is -0.785. The lowest BCUT2D eigenvalue weighted by Crippen LogP contribution is -2.39. The molecule has 37 heavy (non-hydrogen) atoms. The first-order chi connectivity index (χ1) is 17.3. The van der Waals surface area contributed by atoms with Crippen LogP contribution in [0.2, 0.25) is 0 Å². The van der Waals surface area contributed by atoms with Gasteiger partial charge >= 0.3 is 24.4 Å². The number of rotatable bonds is 12. The van der Waals surface area contributed by atoms with Gasteiger partial charge in [-0.15, -0.1) is 0 Å². The molecule has 0 bridgehead atoms. The molecule has 208 valence electrons. The van der Waals surface area contributed by atoms with E-state index in [2.05, 4.69) is 4.74 Å². The Labute approximate surface area is 216 Å². The van der Waals surface area contributed by atoms with E-state index in [1.54, 1.807) is 0 Å². The first-order valence-corrected chi connectivity index (χ1v) is 11.8. The molecule has 0 aliphatic carbocycles. The maximum atomic E-state index is 12.5. The summed E-state index contributed by atoms with van der Waals surface area (Å²) in [5.41, 5.74) is 6.48. The zero-order valence-corrected chi connectivity index (χ0v) is 22.3. The number of carbonyl (C=O) groups is 4. The van der Waals surface area contributed by atoms with E-state index in [0.717, 1.165) is 7.11 Å². The number of methoxy groups -OCH3 is 1. The third-order valence-corrected chi connectivity index (χ3v) is 4.63. The summed E-state index contributed by atoms with van der Waals surface area (Å²) in [6, 6.07) is 3.21. The number of hydrogen-bond acceptors (Lipinski definition) is 12. The number of benzene rings is 1. The minimum Gasteiger partial charge on any atom is -0.458 e. The van der Waals surface area contributed by atoms with Crippen molar-refractivity contribution < 1.29 is 52.3 Å². The van der Waals surface area contributed by atoms with Gasteiger partial charge < -0.3 is 38.9 Å². The molecule has 0 fully saturated rings. The lowest BCUT2D eigenvalue weighted by atomic mass is 10.1. The summed E-state index contributed by atoms with van der Waals surface area (Å²) in [5, 5.41) is 0. The maximum absolute atomic E-state index is 12.5. The van der Waals surface area contributed by atoms with Crippen LogP contribution < -0.4 is 15.2 Å². The zero-order chi connectivity index (χ0) is 28.1. The molecule has 12 nitrogen and oxygen atoms in total. The molecule has 1 aromatic carbocycles. The van der Waals surface area contributed by atoms with E-state index in [0.29, 0.717) is 5.56 Å². The Bertz CT molecular complexity index is 916. The van der Waals surface area contributed by atoms with Crippen molar-refractivity contribution in [3.63, 3.8) is 0 Å². The van der Waals surface area contributed by atoms with Crippen molar-refractivity contribution in [3.8, 4) is 11.5 Å². The first-order valence-electron chi connectivity index (χ1n) is 11.8. The molecular formula is C25H37NO11. The number of esters is 1. The molecule has 2 N–H and O–H groups in total. The van der Waals surface area contributed by atoms with Crippen LogP contribution in [0.3, 0.4) is 0 Å². The van der Waals surface area contributed by atoms with Gasteiger partial charge in [-0.3, -0.25) is 4.79 Å². The topological polar surface area (TPSA) is 159 Å². The molecule has 1 unspecified atom stereocenters. The Morgan fingerprint density at radius 3 is 1.78 bits per heavy atom. The highest BCUT2D eigenvalue weighted by molar-refractivity contribution is 5.76. The molecule has 0 aliphatic rings. The van der Waals surface area contributed by atoms with Gasteiger partial charge in [0.1, 0.15) is 18.2 Å². The predicted molar refractivity (Wildman–Crippen MR) is 130 cm³/mol. The van der Waals surface area contributed by atoms with Crippen molar-refractivity contribution in [2.24, 2.45) is 17.6 Å². The number of carbonyl (C=O) groups excluding carboxylic acids is 4. The van der Waals surface area contributed by atoms with Crippen LogP contribution in [0, 0.1) is 11.8 Å². The van der Waals surface area contributed by atoms with Crippen LogP contribution in [0.25, 0.3) is 0 Å². The molecule has 0 aromatic heterocycles. The largest absolute Gasteiger partial charge is 0.513 e. The van der Waals surface area contributed by atoms with Crippen molar-refractivity contribution in [2.45, 2.75) is 66.2 Å². The van der Waals surface area contributed by atoms with E-state index in [1.165, 1.54) is 32.0 Å². The van der Waals surface area contributed by atoms with Crippen LogP contribution >= 0.6 is 0 Å². The highest BCUT2D eigenvalue weighted by atomic mass is 16.7. The molecule has 0 saturated heterocycles. The van der Waals surface area contributed by atoms with Crippen molar-refractivity contribution in [1.29, 1.82) is 0 Å². The third-order valence-electron chi connectivity index (χ3n) is 4.63. The SMILES string of the molecule is COC(=O)OC(C)[C@H](C)OC(=O)[C@@H](N)Cc1ccc(OC(=O)OCC(C)C)c(OC(=O)OCC(C)C)c1. The van der Waals surface area contributed by atoms with E-state index < -0.39 is 42.7 Å². The lowest BCUT2D eigenvalue weighted by molar-refractivity contribution is -0.155. The van der Waals surface area contributed by atoms with Gasteiger partial charge in [0, 0.05) is 0 Å². The second-order valence-electron chi connectivity index (χ2n) is 9.12. The molecule has 0 spiro atoms. The third kappa shape index (κ3) is 12.3. The zero-order valence-electron chi connectivity index (χ0n) is 22.3. The van der Waals surface area contributed by atoms with Crippen LogP contribution in [0.4, 0.5) is 14.4 Å². The Hall–Kier alpha value is -3.54. The monoisotopic (exact) mass is 527 g/mol. The van der Waals surface area contributed by atoms with Gasteiger partial charge in [-0.2, -0.15) is 0 Å². The summed E-state index contributed by atoms with van der Waals surface area (Å²) in [7, 11) is 1.16. The Balaban J connectivity index is 2.95. The summed E-state index contributed by atoms with van der Waals surface area (Å²) < 4.78 is 35.1. The van der Waals surface area contributed by atoms with Crippen molar-refractivity contribution in [3.05, 3.63) is 23.8 Å². The quantitative estimate of drug-likeness (QED) is 0.237. The Morgan fingerprint density at radius 2 is 1.27 bits per heavy atom. The molecule has 0 saturated carbocycles.